The van der Waals surface area contributed by atoms with Gasteiger partial charge in [-0.2, -0.15) is 0 Å². The predicted molar refractivity (Wildman–Crippen MR) is 78.7 cm³/mol. The third-order valence-electron chi connectivity index (χ3n) is 4.21. The molecular weight excluding hydrogens is 281 g/mol. The fourth-order valence-electron chi connectivity index (χ4n) is 3.30. The Labute approximate surface area is 124 Å². The third-order valence-corrected chi connectivity index (χ3v) is 4.77. The number of pyridine rings is 1. The van der Waals surface area contributed by atoms with Crippen LogP contribution in [0.2, 0.25) is 10.2 Å². The Hall–Kier alpha value is -0.350. The van der Waals surface area contributed by atoms with Crippen molar-refractivity contribution in [2.24, 2.45) is 0 Å². The molecule has 3 heterocycles. The van der Waals surface area contributed by atoms with Crippen LogP contribution in [0, 0.1) is 0 Å². The van der Waals surface area contributed by atoms with Crippen molar-refractivity contribution in [3.05, 3.63) is 28.0 Å². The van der Waals surface area contributed by atoms with E-state index < -0.39 is 0 Å². The second-order valence-corrected chi connectivity index (χ2v) is 6.24. The van der Waals surface area contributed by atoms with Crippen LogP contribution in [-0.2, 0) is 6.54 Å². The first-order chi connectivity index (χ1) is 9.24. The highest BCUT2D eigenvalue weighted by Gasteiger charge is 2.33. The van der Waals surface area contributed by atoms with Crippen molar-refractivity contribution in [2.75, 3.05) is 13.1 Å². The van der Waals surface area contributed by atoms with Crippen LogP contribution in [0.25, 0.3) is 0 Å². The summed E-state index contributed by atoms with van der Waals surface area (Å²) in [5.74, 6) is 0. The maximum atomic E-state index is 6.22. The number of hydrogen-bond donors (Lipinski definition) is 1. The van der Waals surface area contributed by atoms with E-state index in [1.807, 2.05) is 6.07 Å². The van der Waals surface area contributed by atoms with Gasteiger partial charge in [-0.1, -0.05) is 23.2 Å². The Morgan fingerprint density at radius 2 is 2.16 bits per heavy atom. The van der Waals surface area contributed by atoms with E-state index in [2.05, 4.69) is 15.2 Å². The summed E-state index contributed by atoms with van der Waals surface area (Å²) >= 11 is 12.2. The van der Waals surface area contributed by atoms with E-state index >= 15 is 0 Å². The highest BCUT2D eigenvalue weighted by Crippen LogP contribution is 2.28. The van der Waals surface area contributed by atoms with Crippen molar-refractivity contribution in [2.45, 2.75) is 44.3 Å². The van der Waals surface area contributed by atoms with Crippen LogP contribution in [0.3, 0.4) is 0 Å². The van der Waals surface area contributed by atoms with Crippen molar-refractivity contribution in [1.29, 1.82) is 0 Å². The minimum Gasteiger partial charge on any atom is -0.312 e. The molecule has 2 atom stereocenters. The van der Waals surface area contributed by atoms with Gasteiger partial charge in [-0.25, -0.2) is 4.98 Å². The van der Waals surface area contributed by atoms with E-state index in [1.54, 1.807) is 6.07 Å². The second kappa shape index (κ2) is 5.96. The molecule has 104 valence electrons. The summed E-state index contributed by atoms with van der Waals surface area (Å²) in [4.78, 5) is 6.88. The molecule has 1 N–H and O–H groups in total. The summed E-state index contributed by atoms with van der Waals surface area (Å²) in [6.45, 7) is 3.10. The van der Waals surface area contributed by atoms with Gasteiger partial charge in [0.25, 0.3) is 0 Å². The van der Waals surface area contributed by atoms with Crippen molar-refractivity contribution in [3.8, 4) is 0 Å². The summed E-state index contributed by atoms with van der Waals surface area (Å²) < 4.78 is 0. The molecule has 2 aliphatic heterocycles. The van der Waals surface area contributed by atoms with Gasteiger partial charge in [-0.3, -0.25) is 4.90 Å². The van der Waals surface area contributed by atoms with Crippen molar-refractivity contribution in [1.82, 2.24) is 15.2 Å². The number of hydrogen-bond acceptors (Lipinski definition) is 3. The summed E-state index contributed by atoms with van der Waals surface area (Å²) in [6, 6.07) is 4.85. The third kappa shape index (κ3) is 3.05. The van der Waals surface area contributed by atoms with Gasteiger partial charge in [0.1, 0.15) is 5.15 Å². The van der Waals surface area contributed by atoms with Gasteiger partial charge in [-0.05, 0) is 50.9 Å². The average Bonchev–Trinajstić information content (AvgIpc) is 3.03. The van der Waals surface area contributed by atoms with E-state index in [-0.39, 0.29) is 0 Å². The number of nitrogens with zero attached hydrogens (tertiary/aromatic N) is 2. The van der Waals surface area contributed by atoms with E-state index in [0.29, 0.717) is 17.2 Å². The van der Waals surface area contributed by atoms with Gasteiger partial charge in [0, 0.05) is 18.6 Å². The van der Waals surface area contributed by atoms with E-state index in [0.717, 1.165) is 30.4 Å². The first kappa shape index (κ1) is 13.6. The minimum atomic E-state index is 0.522. The molecule has 0 radical (unpaired) electrons. The lowest BCUT2D eigenvalue weighted by Crippen LogP contribution is -2.43. The molecule has 1 aromatic heterocycles. The average molecular weight is 300 g/mol. The first-order valence-corrected chi connectivity index (χ1v) is 7.78. The smallest absolute Gasteiger partial charge is 0.129 e. The molecule has 19 heavy (non-hydrogen) atoms. The first-order valence-electron chi connectivity index (χ1n) is 7.02. The van der Waals surface area contributed by atoms with Crippen molar-refractivity contribution >= 4 is 23.2 Å². The number of rotatable bonds is 3. The molecule has 0 aromatic carbocycles. The van der Waals surface area contributed by atoms with Crippen LogP contribution < -0.4 is 5.32 Å². The fraction of sp³-hybridized carbons (Fsp3) is 0.643. The van der Waals surface area contributed by atoms with Gasteiger partial charge >= 0.3 is 0 Å². The van der Waals surface area contributed by atoms with Gasteiger partial charge in [0.05, 0.1) is 10.7 Å². The highest BCUT2D eigenvalue weighted by molar-refractivity contribution is 6.32. The van der Waals surface area contributed by atoms with Gasteiger partial charge < -0.3 is 5.32 Å². The van der Waals surface area contributed by atoms with Crippen molar-refractivity contribution in [3.63, 3.8) is 0 Å². The van der Waals surface area contributed by atoms with Crippen molar-refractivity contribution < 1.29 is 0 Å². The Morgan fingerprint density at radius 3 is 2.95 bits per heavy atom. The van der Waals surface area contributed by atoms with Gasteiger partial charge in [0.2, 0.25) is 0 Å². The molecule has 0 saturated carbocycles. The largest absolute Gasteiger partial charge is 0.312 e. The highest BCUT2D eigenvalue weighted by atomic mass is 35.5. The Kier molecular flexibility index (Phi) is 4.27. The molecule has 3 nitrogen and oxygen atoms in total. The van der Waals surface area contributed by atoms with Crippen LogP contribution in [0.1, 0.15) is 31.4 Å². The molecule has 2 aliphatic rings. The Balaban J connectivity index is 1.72. The van der Waals surface area contributed by atoms with Crippen LogP contribution in [-0.4, -0.2) is 35.1 Å². The Morgan fingerprint density at radius 1 is 1.26 bits per heavy atom. The lowest BCUT2D eigenvalue weighted by Gasteiger charge is -2.29. The molecule has 0 amide bonds. The molecule has 1 aromatic rings. The van der Waals surface area contributed by atoms with Gasteiger partial charge in [0.15, 0.2) is 0 Å². The maximum Gasteiger partial charge on any atom is 0.129 e. The van der Waals surface area contributed by atoms with Crippen LogP contribution in [0.5, 0.6) is 0 Å². The number of aromatic nitrogens is 1. The fourth-order valence-corrected chi connectivity index (χ4v) is 3.63. The van der Waals surface area contributed by atoms with Gasteiger partial charge in [-0.15, -0.1) is 0 Å². The monoisotopic (exact) mass is 299 g/mol. The molecule has 2 fully saturated rings. The lowest BCUT2D eigenvalue weighted by atomic mass is 10.0. The Bertz CT molecular complexity index is 446. The molecule has 0 aliphatic carbocycles. The summed E-state index contributed by atoms with van der Waals surface area (Å²) in [5.41, 5.74) is 0.902. The predicted octanol–water partition coefficient (Wildman–Crippen LogP) is 3.10. The second-order valence-electron chi connectivity index (χ2n) is 5.45. The molecule has 3 rings (SSSR count). The zero-order chi connectivity index (χ0) is 13.2. The van der Waals surface area contributed by atoms with Crippen LogP contribution in [0.15, 0.2) is 12.1 Å². The molecule has 5 heteroatoms. The zero-order valence-electron chi connectivity index (χ0n) is 10.9. The van der Waals surface area contributed by atoms with E-state index in [4.69, 9.17) is 23.2 Å². The molecule has 2 saturated heterocycles. The quantitative estimate of drug-likeness (QED) is 0.869. The van der Waals surface area contributed by atoms with E-state index in [1.165, 1.54) is 25.7 Å². The normalized spacial score (nSPS) is 28.1. The summed E-state index contributed by atoms with van der Waals surface area (Å²) in [5, 5.41) is 4.86. The molecule has 0 spiro atoms. The number of likely N-dealkylation sites (tertiary alicyclic amines) is 1. The SMILES string of the molecule is Clc1ccc(Cl)c(CN2CCCC2C2CCCN2)n1. The molecular formula is C14H19Cl2N3. The maximum absolute atomic E-state index is 6.22. The van der Waals surface area contributed by atoms with E-state index in [9.17, 15) is 0 Å². The zero-order valence-corrected chi connectivity index (χ0v) is 12.4. The minimum absolute atomic E-state index is 0.522. The molecule has 0 bridgehead atoms. The number of nitrogens with one attached hydrogen (secondary N) is 1. The number of halogens is 2. The van der Waals surface area contributed by atoms with Crippen LogP contribution >= 0.6 is 23.2 Å². The summed E-state index contributed by atoms with van der Waals surface area (Å²) in [7, 11) is 0. The standard InChI is InChI=1S/C14H19Cl2N3/c15-10-5-6-14(16)18-12(10)9-19-8-2-4-13(19)11-3-1-7-17-11/h5-6,11,13,17H,1-4,7-9H2. The lowest BCUT2D eigenvalue weighted by molar-refractivity contribution is 0.204. The topological polar surface area (TPSA) is 28.2 Å². The molecule has 2 unspecified atom stereocenters. The van der Waals surface area contributed by atoms with Crippen LogP contribution in [0.4, 0.5) is 0 Å². The summed E-state index contributed by atoms with van der Waals surface area (Å²) in [6.07, 6.45) is 5.12.